The van der Waals surface area contributed by atoms with Crippen LogP contribution in [0, 0.1) is 0 Å². The Morgan fingerprint density at radius 1 is 0.500 bits per heavy atom. The Hall–Kier alpha value is -1.96. The number of rotatable bonds is 0. The fraction of sp³-hybridized carbons (Fsp3) is 0.143. The Morgan fingerprint density at radius 3 is 0.875 bits per heavy atom. The maximum Gasteiger partial charge on any atom is 0.115 e. The van der Waals surface area contributed by atoms with E-state index < -0.39 is 0 Å². The molecule has 0 saturated heterocycles. The van der Waals surface area contributed by atoms with Gasteiger partial charge in [0, 0.05) is 0 Å². The summed E-state index contributed by atoms with van der Waals surface area (Å²) in [6.07, 6.45) is 0. The molecule has 0 atom stereocenters. The summed E-state index contributed by atoms with van der Waals surface area (Å²) in [5, 5.41) is 17.3. The topological polar surface area (TPSA) is 40.5 Å². The lowest BCUT2D eigenvalue weighted by Crippen LogP contribution is -1.56. The number of benzene rings is 2. The highest BCUT2D eigenvalue weighted by molar-refractivity contribution is 5.19. The fourth-order valence-corrected chi connectivity index (χ4v) is 0.856. The highest BCUT2D eigenvalue weighted by atomic mass is 16.3. The molecule has 2 aromatic rings. The maximum atomic E-state index is 8.63. The smallest absolute Gasteiger partial charge is 0.115 e. The molecule has 0 spiro atoms. The molecule has 2 nitrogen and oxygen atoms in total. The standard InChI is InChI=1S/2C6H6O.2CH4/c2*7-6-4-2-1-3-5-6;;/h2*1-5,7H;2*1H4. The van der Waals surface area contributed by atoms with E-state index in [0.717, 1.165) is 0 Å². The Bertz CT molecular complexity index is 306. The van der Waals surface area contributed by atoms with Gasteiger partial charge in [0.15, 0.2) is 0 Å². The van der Waals surface area contributed by atoms with Gasteiger partial charge in [0.1, 0.15) is 11.5 Å². The molecule has 0 radical (unpaired) electrons. The first kappa shape index (κ1) is 16.5. The highest BCUT2D eigenvalue weighted by Crippen LogP contribution is 2.03. The lowest BCUT2D eigenvalue weighted by molar-refractivity contribution is 0.475. The molecule has 2 heteroatoms. The summed E-state index contributed by atoms with van der Waals surface area (Å²) in [6.45, 7) is 0. The first-order chi connectivity index (χ1) is 6.79. The van der Waals surface area contributed by atoms with Crippen LogP contribution in [0.25, 0.3) is 0 Å². The number of hydrogen-bond donors (Lipinski definition) is 2. The number of phenolic OH excluding ortho intramolecular Hbond substituents is 2. The van der Waals surface area contributed by atoms with E-state index in [-0.39, 0.29) is 14.9 Å². The van der Waals surface area contributed by atoms with Crippen LogP contribution in [0.4, 0.5) is 0 Å². The van der Waals surface area contributed by atoms with Crippen LogP contribution in [-0.2, 0) is 0 Å². The third-order valence-corrected chi connectivity index (χ3v) is 1.51. The van der Waals surface area contributed by atoms with Gasteiger partial charge in [-0.25, -0.2) is 0 Å². The van der Waals surface area contributed by atoms with Crippen LogP contribution in [0.1, 0.15) is 14.9 Å². The van der Waals surface area contributed by atoms with Gasteiger partial charge in [0.2, 0.25) is 0 Å². The van der Waals surface area contributed by atoms with Gasteiger partial charge in [0.05, 0.1) is 0 Å². The molecule has 0 aliphatic rings. The summed E-state index contributed by atoms with van der Waals surface area (Å²) in [5.74, 6) is 0.644. The van der Waals surface area contributed by atoms with E-state index in [2.05, 4.69) is 0 Å². The van der Waals surface area contributed by atoms with E-state index in [1.54, 1.807) is 48.5 Å². The van der Waals surface area contributed by atoms with E-state index in [1.807, 2.05) is 12.1 Å². The molecule has 0 aliphatic carbocycles. The van der Waals surface area contributed by atoms with E-state index in [1.165, 1.54) is 0 Å². The average Bonchev–Trinajstić information content (AvgIpc) is 2.21. The van der Waals surface area contributed by atoms with Crippen molar-refractivity contribution in [3.63, 3.8) is 0 Å². The van der Waals surface area contributed by atoms with Gasteiger partial charge in [-0.05, 0) is 24.3 Å². The van der Waals surface area contributed by atoms with Crippen molar-refractivity contribution in [2.75, 3.05) is 0 Å². The third kappa shape index (κ3) is 7.44. The van der Waals surface area contributed by atoms with Crippen LogP contribution in [0.2, 0.25) is 0 Å². The summed E-state index contributed by atoms with van der Waals surface area (Å²) < 4.78 is 0. The monoisotopic (exact) mass is 220 g/mol. The minimum absolute atomic E-state index is 0. The van der Waals surface area contributed by atoms with Gasteiger partial charge in [0.25, 0.3) is 0 Å². The van der Waals surface area contributed by atoms with Gasteiger partial charge >= 0.3 is 0 Å². The molecule has 88 valence electrons. The normalized spacial score (nSPS) is 7.50. The second-order valence-electron chi connectivity index (χ2n) is 2.67. The van der Waals surface area contributed by atoms with Gasteiger partial charge in [-0.15, -0.1) is 0 Å². The van der Waals surface area contributed by atoms with Crippen LogP contribution in [0.5, 0.6) is 11.5 Å². The molecule has 2 N–H and O–H groups in total. The van der Waals surface area contributed by atoms with Crippen molar-refractivity contribution in [2.24, 2.45) is 0 Å². The molecule has 2 aromatic carbocycles. The molecule has 0 bridgehead atoms. The fourth-order valence-electron chi connectivity index (χ4n) is 0.856. The molecule has 0 amide bonds. The molecular formula is C14H20O2. The highest BCUT2D eigenvalue weighted by Gasteiger charge is 1.75. The second kappa shape index (κ2) is 9.59. The summed E-state index contributed by atoms with van der Waals surface area (Å²) in [4.78, 5) is 0. The molecule has 0 heterocycles. The minimum atomic E-state index is 0. The van der Waals surface area contributed by atoms with Crippen LogP contribution >= 0.6 is 0 Å². The van der Waals surface area contributed by atoms with Crippen LogP contribution < -0.4 is 0 Å². The van der Waals surface area contributed by atoms with E-state index >= 15 is 0 Å². The number of phenols is 2. The Labute approximate surface area is 97.8 Å². The number of aromatic hydroxyl groups is 2. The molecule has 2 rings (SSSR count). The Balaban J connectivity index is 0. The molecular weight excluding hydrogens is 200 g/mol. The van der Waals surface area contributed by atoms with Crippen molar-refractivity contribution in [3.05, 3.63) is 60.7 Å². The first-order valence-corrected chi connectivity index (χ1v) is 4.27. The predicted molar refractivity (Wildman–Crippen MR) is 69.7 cm³/mol. The SMILES string of the molecule is C.C.Oc1ccccc1.Oc1ccccc1. The molecule has 0 aliphatic heterocycles. The number of para-hydroxylation sites is 2. The minimum Gasteiger partial charge on any atom is -0.508 e. The van der Waals surface area contributed by atoms with Crippen molar-refractivity contribution in [3.8, 4) is 11.5 Å². The predicted octanol–water partition coefficient (Wildman–Crippen LogP) is 4.06. The molecule has 0 unspecified atom stereocenters. The van der Waals surface area contributed by atoms with Crippen LogP contribution in [0.3, 0.4) is 0 Å². The van der Waals surface area contributed by atoms with Crippen LogP contribution in [-0.4, -0.2) is 10.2 Å². The maximum absolute atomic E-state index is 8.63. The largest absolute Gasteiger partial charge is 0.508 e. The quantitative estimate of drug-likeness (QED) is 0.703. The molecule has 0 fully saturated rings. The van der Waals surface area contributed by atoms with Crippen molar-refractivity contribution in [2.45, 2.75) is 14.9 Å². The Kier molecular flexibility index (Phi) is 9.87. The molecule has 16 heavy (non-hydrogen) atoms. The zero-order valence-electron chi connectivity index (χ0n) is 7.67. The molecule has 0 aromatic heterocycles. The van der Waals surface area contributed by atoms with Gasteiger partial charge in [-0.2, -0.15) is 0 Å². The van der Waals surface area contributed by atoms with Gasteiger partial charge in [-0.3, -0.25) is 0 Å². The zero-order chi connectivity index (χ0) is 10.2. The third-order valence-electron chi connectivity index (χ3n) is 1.51. The van der Waals surface area contributed by atoms with Crippen molar-refractivity contribution >= 4 is 0 Å². The summed E-state index contributed by atoms with van der Waals surface area (Å²) in [6, 6.07) is 17.4. The van der Waals surface area contributed by atoms with Crippen molar-refractivity contribution in [1.29, 1.82) is 0 Å². The van der Waals surface area contributed by atoms with Gasteiger partial charge < -0.3 is 10.2 Å². The van der Waals surface area contributed by atoms with Crippen molar-refractivity contribution in [1.82, 2.24) is 0 Å². The average molecular weight is 220 g/mol. The Morgan fingerprint density at radius 2 is 0.750 bits per heavy atom. The second-order valence-corrected chi connectivity index (χ2v) is 2.67. The van der Waals surface area contributed by atoms with E-state index in [9.17, 15) is 0 Å². The summed E-state index contributed by atoms with van der Waals surface area (Å²) in [7, 11) is 0. The lowest BCUT2D eigenvalue weighted by Gasteiger charge is -1.82. The molecule has 0 saturated carbocycles. The van der Waals surface area contributed by atoms with Gasteiger partial charge in [-0.1, -0.05) is 51.3 Å². The number of hydrogen-bond acceptors (Lipinski definition) is 2. The first-order valence-electron chi connectivity index (χ1n) is 4.27. The summed E-state index contributed by atoms with van der Waals surface area (Å²) in [5.41, 5.74) is 0. The zero-order valence-corrected chi connectivity index (χ0v) is 7.67. The van der Waals surface area contributed by atoms with E-state index in [0.29, 0.717) is 11.5 Å². The van der Waals surface area contributed by atoms with Crippen molar-refractivity contribution < 1.29 is 10.2 Å². The van der Waals surface area contributed by atoms with E-state index in [4.69, 9.17) is 10.2 Å². The lowest BCUT2D eigenvalue weighted by atomic mass is 10.3. The van der Waals surface area contributed by atoms with Crippen LogP contribution in [0.15, 0.2) is 60.7 Å². The summed E-state index contributed by atoms with van der Waals surface area (Å²) >= 11 is 0.